The van der Waals surface area contributed by atoms with Crippen molar-refractivity contribution in [1.29, 1.82) is 0 Å². The van der Waals surface area contributed by atoms with Crippen molar-refractivity contribution in [1.82, 2.24) is 5.32 Å². The Balaban J connectivity index is 2.48. The third-order valence-electron chi connectivity index (χ3n) is 3.86. The van der Waals surface area contributed by atoms with Crippen LogP contribution in [-0.2, 0) is 0 Å². The van der Waals surface area contributed by atoms with Crippen LogP contribution in [0, 0.1) is 16.0 Å². The van der Waals surface area contributed by atoms with Gasteiger partial charge in [-0.15, -0.1) is 0 Å². The maximum atomic E-state index is 10.6. The Morgan fingerprint density at radius 1 is 1.25 bits per heavy atom. The van der Waals surface area contributed by atoms with Crippen LogP contribution in [0.5, 0.6) is 0 Å². The van der Waals surface area contributed by atoms with Gasteiger partial charge in [0.1, 0.15) is 0 Å². The van der Waals surface area contributed by atoms with E-state index in [0.29, 0.717) is 0 Å². The van der Waals surface area contributed by atoms with Crippen LogP contribution in [0.25, 0.3) is 0 Å². The fourth-order valence-corrected chi connectivity index (χ4v) is 2.29. The maximum absolute atomic E-state index is 10.6. The molecule has 112 valence electrons. The first-order chi connectivity index (χ1) is 9.58. The summed E-state index contributed by atoms with van der Waals surface area (Å²) in [6.45, 7) is 7.57. The van der Waals surface area contributed by atoms with Crippen molar-refractivity contribution in [2.75, 3.05) is 6.54 Å². The fraction of sp³-hybridized carbons (Fsp3) is 0.625. The molecule has 0 radical (unpaired) electrons. The van der Waals surface area contributed by atoms with Crippen molar-refractivity contribution < 1.29 is 4.92 Å². The number of hydrogen-bond donors (Lipinski definition) is 1. The zero-order chi connectivity index (χ0) is 15.0. The van der Waals surface area contributed by atoms with Gasteiger partial charge in [0.25, 0.3) is 5.69 Å². The molecule has 1 aromatic rings. The van der Waals surface area contributed by atoms with E-state index in [1.807, 2.05) is 12.1 Å². The molecular weight excluding hydrogens is 252 g/mol. The van der Waals surface area contributed by atoms with E-state index < -0.39 is 0 Å². The summed E-state index contributed by atoms with van der Waals surface area (Å²) in [4.78, 5) is 10.3. The lowest BCUT2D eigenvalue weighted by molar-refractivity contribution is -0.384. The van der Waals surface area contributed by atoms with Crippen LogP contribution >= 0.6 is 0 Å². The van der Waals surface area contributed by atoms with Crippen molar-refractivity contribution in [3.63, 3.8) is 0 Å². The second kappa shape index (κ2) is 8.69. The molecule has 2 atom stereocenters. The van der Waals surface area contributed by atoms with Gasteiger partial charge >= 0.3 is 0 Å². The summed E-state index contributed by atoms with van der Waals surface area (Å²) >= 11 is 0. The number of nitrogens with one attached hydrogen (secondary N) is 1. The molecular formula is C16H26N2O2. The number of nitro benzene ring substituents is 1. The number of nitro groups is 1. The van der Waals surface area contributed by atoms with E-state index in [-0.39, 0.29) is 16.7 Å². The molecule has 0 heterocycles. The molecule has 0 amide bonds. The van der Waals surface area contributed by atoms with E-state index >= 15 is 0 Å². The van der Waals surface area contributed by atoms with Crippen LogP contribution in [0.15, 0.2) is 24.3 Å². The van der Waals surface area contributed by atoms with Crippen LogP contribution in [0.2, 0.25) is 0 Å². The molecule has 0 bridgehead atoms. The molecule has 1 rings (SSSR count). The van der Waals surface area contributed by atoms with Gasteiger partial charge in [-0.3, -0.25) is 10.1 Å². The molecule has 2 unspecified atom stereocenters. The summed E-state index contributed by atoms with van der Waals surface area (Å²) in [6, 6.07) is 7.04. The molecule has 4 heteroatoms. The number of hydrogen-bond acceptors (Lipinski definition) is 3. The number of rotatable bonds is 9. The van der Waals surface area contributed by atoms with Gasteiger partial charge in [0.2, 0.25) is 0 Å². The second-order valence-corrected chi connectivity index (χ2v) is 5.40. The third kappa shape index (κ3) is 5.29. The summed E-state index contributed by atoms with van der Waals surface area (Å²) in [5.41, 5.74) is 1.25. The molecule has 0 aliphatic rings. The molecule has 0 fully saturated rings. The topological polar surface area (TPSA) is 55.2 Å². The van der Waals surface area contributed by atoms with Gasteiger partial charge < -0.3 is 5.32 Å². The number of unbranched alkanes of at least 4 members (excludes halogenated alkanes) is 1. The van der Waals surface area contributed by atoms with E-state index in [0.717, 1.165) is 18.0 Å². The highest BCUT2D eigenvalue weighted by molar-refractivity contribution is 5.33. The van der Waals surface area contributed by atoms with Gasteiger partial charge in [-0.2, -0.15) is 0 Å². The summed E-state index contributed by atoms with van der Waals surface area (Å²) in [7, 11) is 0. The first-order valence-electron chi connectivity index (χ1n) is 7.56. The van der Waals surface area contributed by atoms with Gasteiger partial charge in [-0.1, -0.05) is 45.2 Å². The monoisotopic (exact) mass is 278 g/mol. The number of benzene rings is 1. The first-order valence-corrected chi connectivity index (χ1v) is 7.56. The molecule has 0 aliphatic heterocycles. The normalized spacial score (nSPS) is 13.9. The summed E-state index contributed by atoms with van der Waals surface area (Å²) in [6.07, 6.45) is 4.99. The molecule has 0 saturated carbocycles. The van der Waals surface area contributed by atoms with E-state index in [4.69, 9.17) is 0 Å². The molecule has 0 aliphatic carbocycles. The largest absolute Gasteiger partial charge is 0.310 e. The highest BCUT2D eigenvalue weighted by Crippen LogP contribution is 2.19. The molecule has 1 N–H and O–H groups in total. The standard InChI is InChI=1S/C16H26N2O2/c1-4-6-7-14(5-2)12-17-13(3)15-8-10-16(11-9-15)18(19)20/h8-11,13-14,17H,4-7,12H2,1-3H3. The highest BCUT2D eigenvalue weighted by atomic mass is 16.6. The highest BCUT2D eigenvalue weighted by Gasteiger charge is 2.11. The lowest BCUT2D eigenvalue weighted by atomic mass is 9.98. The lowest BCUT2D eigenvalue weighted by Gasteiger charge is -2.20. The van der Waals surface area contributed by atoms with Gasteiger partial charge in [-0.25, -0.2) is 0 Å². The fourth-order valence-electron chi connectivity index (χ4n) is 2.29. The van der Waals surface area contributed by atoms with Crippen molar-refractivity contribution in [3.05, 3.63) is 39.9 Å². The molecule has 4 nitrogen and oxygen atoms in total. The first kappa shape index (κ1) is 16.6. The van der Waals surface area contributed by atoms with Crippen molar-refractivity contribution >= 4 is 5.69 Å². The zero-order valence-electron chi connectivity index (χ0n) is 12.8. The van der Waals surface area contributed by atoms with Gasteiger partial charge in [0.05, 0.1) is 4.92 Å². The SMILES string of the molecule is CCCCC(CC)CNC(C)c1ccc([N+](=O)[O-])cc1. The summed E-state index contributed by atoms with van der Waals surface area (Å²) < 4.78 is 0. The molecule has 0 aromatic heterocycles. The minimum absolute atomic E-state index is 0.148. The summed E-state index contributed by atoms with van der Waals surface area (Å²) in [5, 5.41) is 14.2. The van der Waals surface area contributed by atoms with Gasteiger partial charge in [0, 0.05) is 18.2 Å². The molecule has 20 heavy (non-hydrogen) atoms. The van der Waals surface area contributed by atoms with E-state index in [1.54, 1.807) is 12.1 Å². The predicted octanol–water partition coefficient (Wildman–Crippen LogP) is 4.46. The average Bonchev–Trinajstić information content (AvgIpc) is 2.47. The van der Waals surface area contributed by atoms with Gasteiger partial charge in [-0.05, 0) is 31.4 Å². The number of nitrogens with zero attached hydrogens (tertiary/aromatic N) is 1. The Labute approximate surface area is 121 Å². The Morgan fingerprint density at radius 2 is 1.90 bits per heavy atom. The lowest BCUT2D eigenvalue weighted by Crippen LogP contribution is -2.25. The van der Waals surface area contributed by atoms with Crippen LogP contribution in [0.3, 0.4) is 0 Å². The van der Waals surface area contributed by atoms with Gasteiger partial charge in [0.15, 0.2) is 0 Å². The van der Waals surface area contributed by atoms with E-state index in [2.05, 4.69) is 26.1 Å². The Kier molecular flexibility index (Phi) is 7.23. The minimum atomic E-state index is -0.361. The Bertz CT molecular complexity index is 403. The average molecular weight is 278 g/mol. The van der Waals surface area contributed by atoms with Crippen molar-refractivity contribution in [3.8, 4) is 0 Å². The smallest absolute Gasteiger partial charge is 0.269 e. The third-order valence-corrected chi connectivity index (χ3v) is 3.86. The molecule has 0 spiro atoms. The molecule has 0 saturated heterocycles. The Morgan fingerprint density at radius 3 is 2.40 bits per heavy atom. The second-order valence-electron chi connectivity index (χ2n) is 5.40. The molecule has 1 aromatic carbocycles. The van der Waals surface area contributed by atoms with Crippen LogP contribution in [-0.4, -0.2) is 11.5 Å². The van der Waals surface area contributed by atoms with Crippen LogP contribution in [0.4, 0.5) is 5.69 Å². The quantitative estimate of drug-likeness (QED) is 0.536. The zero-order valence-corrected chi connectivity index (χ0v) is 12.8. The van der Waals surface area contributed by atoms with E-state index in [9.17, 15) is 10.1 Å². The van der Waals surface area contributed by atoms with E-state index in [1.165, 1.54) is 25.7 Å². The van der Waals surface area contributed by atoms with Crippen LogP contribution in [0.1, 0.15) is 58.1 Å². The van der Waals surface area contributed by atoms with Crippen molar-refractivity contribution in [2.24, 2.45) is 5.92 Å². The predicted molar refractivity (Wildman–Crippen MR) is 82.8 cm³/mol. The minimum Gasteiger partial charge on any atom is -0.310 e. The summed E-state index contributed by atoms with van der Waals surface area (Å²) in [5.74, 6) is 0.718. The van der Waals surface area contributed by atoms with Crippen LogP contribution < -0.4 is 5.32 Å². The number of non-ortho nitro benzene ring substituents is 1. The Hall–Kier alpha value is -1.42. The maximum Gasteiger partial charge on any atom is 0.269 e. The van der Waals surface area contributed by atoms with Crippen molar-refractivity contribution in [2.45, 2.75) is 52.5 Å².